The number of nitrogens with zero attached hydrogens (tertiary/aromatic N) is 2. The monoisotopic (exact) mass is 446 g/mol. The first-order chi connectivity index (χ1) is 10.5. The van der Waals surface area contributed by atoms with E-state index in [1.165, 1.54) is 11.7 Å². The summed E-state index contributed by atoms with van der Waals surface area (Å²) >= 11 is 3.34. The highest BCUT2D eigenvalue weighted by atomic mass is 79.9. The number of ether oxygens (including phenoxy) is 2. The van der Waals surface area contributed by atoms with Crippen molar-refractivity contribution < 1.29 is 40.6 Å². The Labute approximate surface area is 152 Å². The lowest BCUT2D eigenvalue weighted by Gasteiger charge is -2.11. The molecule has 1 heterocycles. The van der Waals surface area contributed by atoms with Gasteiger partial charge in [-0.2, -0.15) is 0 Å². The number of hydrogen-bond donors (Lipinski definition) is 0. The van der Waals surface area contributed by atoms with Gasteiger partial charge in [-0.25, -0.2) is 18.7 Å². The summed E-state index contributed by atoms with van der Waals surface area (Å²) in [5.41, 5.74) is 0.832. The summed E-state index contributed by atoms with van der Waals surface area (Å²) < 4.78 is 14.0. The van der Waals surface area contributed by atoms with Crippen LogP contribution in [0.25, 0.3) is 0 Å². The molecule has 8 heteroatoms. The minimum atomic E-state index is -1.15. The van der Waals surface area contributed by atoms with Crippen LogP contribution in [0.15, 0.2) is 47.5 Å². The van der Waals surface area contributed by atoms with E-state index in [-0.39, 0.29) is 23.6 Å². The Bertz CT molecular complexity index is 670. The Kier molecular flexibility index (Phi) is 7.44. The van der Waals surface area contributed by atoms with E-state index in [1.54, 1.807) is 30.3 Å². The molecule has 0 N–H and O–H groups in total. The average molecular weight is 448 g/mol. The van der Waals surface area contributed by atoms with Crippen LogP contribution in [0.3, 0.4) is 0 Å². The predicted molar refractivity (Wildman–Crippen MR) is 80.6 cm³/mol. The van der Waals surface area contributed by atoms with Gasteiger partial charge in [-0.05, 0) is 17.7 Å². The van der Waals surface area contributed by atoms with Gasteiger partial charge in [0.15, 0.2) is 0 Å². The molecule has 0 fully saturated rings. The summed E-state index contributed by atoms with van der Waals surface area (Å²) in [7, 11) is 3.03. The van der Waals surface area contributed by atoms with Crippen LogP contribution in [-0.2, 0) is 32.7 Å². The number of rotatable bonds is 5. The van der Waals surface area contributed by atoms with Gasteiger partial charge in [-0.15, -0.1) is 0 Å². The molecule has 1 aromatic carbocycles. The van der Waals surface area contributed by atoms with Crippen LogP contribution in [0.1, 0.15) is 11.6 Å². The number of esters is 2. The molecule has 0 aliphatic rings. The molecule has 0 saturated carbocycles. The van der Waals surface area contributed by atoms with E-state index in [2.05, 4.69) is 20.7 Å². The fourth-order valence-electron chi connectivity index (χ4n) is 1.89. The first-order valence-electron chi connectivity index (χ1n) is 6.53. The number of hydrogen-bond acceptors (Lipinski definition) is 4. The predicted octanol–water partition coefficient (Wildman–Crippen LogP) is -1.46. The van der Waals surface area contributed by atoms with Crippen molar-refractivity contribution >= 4 is 27.9 Å². The number of benzene rings is 1. The van der Waals surface area contributed by atoms with Crippen molar-refractivity contribution in [1.82, 2.24) is 4.57 Å². The summed E-state index contributed by atoms with van der Waals surface area (Å²) in [6.45, 7) is 0.0903. The van der Waals surface area contributed by atoms with Crippen molar-refractivity contribution in [3.05, 3.63) is 53.0 Å². The van der Waals surface area contributed by atoms with Gasteiger partial charge in [0.1, 0.15) is 19.0 Å². The molecular formula is C15H16Br2N2O4. The Balaban J connectivity index is 0.00000264. The zero-order valence-electron chi connectivity index (χ0n) is 12.6. The third-order valence-electron chi connectivity index (χ3n) is 3.03. The summed E-state index contributed by atoms with van der Waals surface area (Å²) in [5.74, 6) is -1.33. The van der Waals surface area contributed by atoms with Crippen LogP contribution in [0.4, 0.5) is 0 Å². The molecule has 0 bridgehead atoms. The molecule has 0 radical (unpaired) electrons. The standard InChI is InChI=1S/C15H16BrN2O4.BrH/c1-17-7-8-18(10-17)13(14(19)21-2)15(20)22-9-11-3-5-12(16)6-4-11;/h3-8,10,13H,9H2,1-2H3;1H/q+1;/p-1. The van der Waals surface area contributed by atoms with Gasteiger partial charge in [-0.1, -0.05) is 28.1 Å². The highest BCUT2D eigenvalue weighted by molar-refractivity contribution is 9.10. The van der Waals surface area contributed by atoms with E-state index in [4.69, 9.17) is 4.74 Å². The van der Waals surface area contributed by atoms with Crippen LogP contribution in [-0.4, -0.2) is 23.6 Å². The summed E-state index contributed by atoms with van der Waals surface area (Å²) in [5, 5.41) is 0. The average Bonchev–Trinajstić information content (AvgIpc) is 2.92. The summed E-state index contributed by atoms with van der Waals surface area (Å²) in [6.07, 6.45) is 4.95. The smallest absolute Gasteiger partial charge is 0.364 e. The third kappa shape index (κ3) is 5.18. The van der Waals surface area contributed by atoms with E-state index in [0.717, 1.165) is 10.0 Å². The second-order valence-electron chi connectivity index (χ2n) is 4.69. The fourth-order valence-corrected chi connectivity index (χ4v) is 2.15. The molecule has 0 aliphatic heterocycles. The minimum absolute atomic E-state index is 0. The highest BCUT2D eigenvalue weighted by Gasteiger charge is 2.35. The van der Waals surface area contributed by atoms with Crippen LogP contribution in [0, 0.1) is 0 Å². The van der Waals surface area contributed by atoms with Gasteiger partial charge in [0, 0.05) is 4.47 Å². The molecule has 2 aromatic rings. The quantitative estimate of drug-likeness (QED) is 0.319. The lowest BCUT2D eigenvalue weighted by atomic mass is 10.2. The molecule has 1 aromatic heterocycles. The van der Waals surface area contributed by atoms with Gasteiger partial charge < -0.3 is 26.5 Å². The van der Waals surface area contributed by atoms with Crippen molar-refractivity contribution in [2.24, 2.45) is 7.05 Å². The van der Waals surface area contributed by atoms with Crippen LogP contribution < -0.4 is 21.5 Å². The third-order valence-corrected chi connectivity index (χ3v) is 3.56. The summed E-state index contributed by atoms with van der Waals surface area (Å²) in [4.78, 5) is 24.1. The molecule has 23 heavy (non-hydrogen) atoms. The topological polar surface area (TPSA) is 61.4 Å². The number of carbonyl (C=O) groups is 2. The summed E-state index contributed by atoms with van der Waals surface area (Å²) in [6, 6.07) is 6.22. The maximum atomic E-state index is 12.2. The van der Waals surface area contributed by atoms with Crippen LogP contribution in [0.5, 0.6) is 0 Å². The molecular weight excluding hydrogens is 432 g/mol. The van der Waals surface area contributed by atoms with Gasteiger partial charge in [0.25, 0.3) is 6.04 Å². The molecule has 0 spiro atoms. The Hall–Kier alpha value is -1.67. The van der Waals surface area contributed by atoms with E-state index in [0.29, 0.717) is 0 Å². The molecule has 2 rings (SSSR count). The van der Waals surface area contributed by atoms with Crippen molar-refractivity contribution in [1.29, 1.82) is 0 Å². The maximum Gasteiger partial charge on any atom is 0.364 e. The molecule has 6 nitrogen and oxygen atoms in total. The van der Waals surface area contributed by atoms with E-state index in [1.807, 2.05) is 24.3 Å². The van der Waals surface area contributed by atoms with E-state index >= 15 is 0 Å². The maximum absolute atomic E-state index is 12.2. The molecule has 0 saturated heterocycles. The second kappa shape index (κ2) is 8.83. The number of aryl methyl sites for hydroxylation is 1. The first-order valence-corrected chi connectivity index (χ1v) is 7.32. The number of halogens is 2. The van der Waals surface area contributed by atoms with E-state index < -0.39 is 18.0 Å². The Morgan fingerprint density at radius 3 is 2.43 bits per heavy atom. The molecule has 124 valence electrons. The van der Waals surface area contributed by atoms with Crippen molar-refractivity contribution in [2.45, 2.75) is 12.6 Å². The second-order valence-corrected chi connectivity index (χ2v) is 5.60. The minimum Gasteiger partial charge on any atom is -1.00 e. The van der Waals surface area contributed by atoms with Gasteiger partial charge in [-0.3, -0.25) is 0 Å². The SMILES string of the molecule is COC(=O)C(C(=O)OCc1ccc(Br)cc1)n1cc[n+](C)c1.[Br-]. The van der Waals surface area contributed by atoms with Crippen LogP contribution in [0.2, 0.25) is 0 Å². The van der Waals surface area contributed by atoms with Gasteiger partial charge >= 0.3 is 11.9 Å². The Morgan fingerprint density at radius 1 is 1.26 bits per heavy atom. The normalized spacial score (nSPS) is 11.3. The van der Waals surface area contributed by atoms with Crippen LogP contribution >= 0.6 is 15.9 Å². The number of aromatic nitrogens is 2. The largest absolute Gasteiger partial charge is 1.00 e. The number of carbonyl (C=O) groups excluding carboxylic acids is 2. The lowest BCUT2D eigenvalue weighted by Crippen LogP contribution is -3.00. The Morgan fingerprint density at radius 2 is 1.91 bits per heavy atom. The number of methoxy groups -OCH3 is 1. The van der Waals surface area contributed by atoms with Gasteiger partial charge in [0.2, 0.25) is 6.33 Å². The van der Waals surface area contributed by atoms with E-state index in [9.17, 15) is 9.59 Å². The zero-order chi connectivity index (χ0) is 16.1. The molecule has 0 amide bonds. The molecule has 0 aliphatic carbocycles. The molecule has 1 atom stereocenters. The number of imidazole rings is 1. The molecule has 1 unspecified atom stereocenters. The zero-order valence-corrected chi connectivity index (χ0v) is 15.8. The first kappa shape index (κ1) is 19.4. The van der Waals surface area contributed by atoms with Crippen molar-refractivity contribution in [3.8, 4) is 0 Å². The highest BCUT2D eigenvalue weighted by Crippen LogP contribution is 2.14. The van der Waals surface area contributed by atoms with Crippen molar-refractivity contribution in [2.75, 3.05) is 7.11 Å². The van der Waals surface area contributed by atoms with Gasteiger partial charge in [0.05, 0.1) is 14.2 Å². The lowest BCUT2D eigenvalue weighted by molar-refractivity contribution is -0.671. The van der Waals surface area contributed by atoms with Crippen molar-refractivity contribution in [3.63, 3.8) is 0 Å². The fraction of sp³-hybridized carbons (Fsp3) is 0.267.